The third-order valence-electron chi connectivity index (χ3n) is 2.84. The standard InChI is InChI=1S/C12H14F2N2O.ClH/c13-10-2-1-9(6-11(10)14)16-12(17)5-8-3-4-15-7-8;/h1-2,6,8,15H,3-5,7H2,(H,16,17);1H. The number of anilines is 1. The van der Waals surface area contributed by atoms with E-state index in [1.165, 1.54) is 6.07 Å². The van der Waals surface area contributed by atoms with E-state index in [2.05, 4.69) is 10.6 Å². The summed E-state index contributed by atoms with van der Waals surface area (Å²) >= 11 is 0. The van der Waals surface area contributed by atoms with Gasteiger partial charge in [-0.1, -0.05) is 0 Å². The predicted molar refractivity (Wildman–Crippen MR) is 67.8 cm³/mol. The molecule has 100 valence electrons. The van der Waals surface area contributed by atoms with E-state index in [1.807, 2.05) is 0 Å². The fourth-order valence-corrected chi connectivity index (χ4v) is 1.94. The van der Waals surface area contributed by atoms with Gasteiger partial charge in [0.1, 0.15) is 0 Å². The van der Waals surface area contributed by atoms with Crippen LogP contribution in [0.3, 0.4) is 0 Å². The smallest absolute Gasteiger partial charge is 0.224 e. The van der Waals surface area contributed by atoms with Gasteiger partial charge in [0.05, 0.1) is 0 Å². The number of hydrogen-bond acceptors (Lipinski definition) is 2. The first-order valence-corrected chi connectivity index (χ1v) is 5.61. The van der Waals surface area contributed by atoms with E-state index >= 15 is 0 Å². The SMILES string of the molecule is Cl.O=C(CC1CCNC1)Nc1ccc(F)c(F)c1. The second-order valence-electron chi connectivity index (χ2n) is 4.24. The first-order chi connectivity index (χ1) is 8.15. The fraction of sp³-hybridized carbons (Fsp3) is 0.417. The summed E-state index contributed by atoms with van der Waals surface area (Å²) in [6, 6.07) is 3.34. The molecule has 2 rings (SSSR count). The number of rotatable bonds is 3. The number of hydrogen-bond donors (Lipinski definition) is 2. The zero-order chi connectivity index (χ0) is 12.3. The Labute approximate surface area is 110 Å². The molecule has 1 heterocycles. The zero-order valence-electron chi connectivity index (χ0n) is 9.71. The fourth-order valence-electron chi connectivity index (χ4n) is 1.94. The van der Waals surface area contributed by atoms with Crippen molar-refractivity contribution in [3.8, 4) is 0 Å². The van der Waals surface area contributed by atoms with Gasteiger partial charge < -0.3 is 10.6 Å². The molecule has 1 aliphatic heterocycles. The van der Waals surface area contributed by atoms with Crippen molar-refractivity contribution >= 4 is 24.0 Å². The van der Waals surface area contributed by atoms with Crippen molar-refractivity contribution in [1.29, 1.82) is 0 Å². The van der Waals surface area contributed by atoms with E-state index in [9.17, 15) is 13.6 Å². The average molecular weight is 277 g/mol. The maximum atomic E-state index is 12.9. The minimum Gasteiger partial charge on any atom is -0.326 e. The summed E-state index contributed by atoms with van der Waals surface area (Å²) in [5.41, 5.74) is 0.292. The van der Waals surface area contributed by atoms with Crippen molar-refractivity contribution in [3.63, 3.8) is 0 Å². The molecule has 18 heavy (non-hydrogen) atoms. The Bertz CT molecular complexity index is 423. The Morgan fingerprint density at radius 3 is 2.78 bits per heavy atom. The van der Waals surface area contributed by atoms with Crippen LogP contribution in [0.5, 0.6) is 0 Å². The Morgan fingerprint density at radius 2 is 2.17 bits per heavy atom. The zero-order valence-corrected chi connectivity index (χ0v) is 10.5. The van der Waals surface area contributed by atoms with Gasteiger partial charge in [0, 0.05) is 18.2 Å². The van der Waals surface area contributed by atoms with Crippen molar-refractivity contribution in [3.05, 3.63) is 29.8 Å². The van der Waals surface area contributed by atoms with Gasteiger partial charge in [0.25, 0.3) is 0 Å². The Balaban J connectivity index is 0.00000162. The van der Waals surface area contributed by atoms with Crippen LogP contribution in [0.25, 0.3) is 0 Å². The molecule has 0 radical (unpaired) electrons. The van der Waals surface area contributed by atoms with Gasteiger partial charge in [-0.3, -0.25) is 4.79 Å². The average Bonchev–Trinajstić information content (AvgIpc) is 2.76. The Morgan fingerprint density at radius 1 is 1.39 bits per heavy atom. The van der Waals surface area contributed by atoms with Gasteiger partial charge in [-0.15, -0.1) is 12.4 Å². The van der Waals surface area contributed by atoms with E-state index in [0.717, 1.165) is 31.6 Å². The highest BCUT2D eigenvalue weighted by Crippen LogP contribution is 2.16. The molecular formula is C12H15ClF2N2O. The quantitative estimate of drug-likeness (QED) is 0.890. The summed E-state index contributed by atoms with van der Waals surface area (Å²) in [7, 11) is 0. The largest absolute Gasteiger partial charge is 0.326 e. The normalized spacial score (nSPS) is 18.2. The van der Waals surface area contributed by atoms with Crippen LogP contribution in [-0.2, 0) is 4.79 Å². The molecule has 1 fully saturated rings. The Hall–Kier alpha value is -1.20. The van der Waals surface area contributed by atoms with Crippen LogP contribution in [0.2, 0.25) is 0 Å². The number of carbonyl (C=O) groups is 1. The highest BCUT2D eigenvalue weighted by atomic mass is 35.5. The van der Waals surface area contributed by atoms with E-state index in [-0.39, 0.29) is 18.3 Å². The minimum absolute atomic E-state index is 0. The number of benzene rings is 1. The molecule has 1 aromatic rings. The third kappa shape index (κ3) is 3.92. The van der Waals surface area contributed by atoms with Crippen molar-refractivity contribution in [1.82, 2.24) is 5.32 Å². The minimum atomic E-state index is -0.953. The molecule has 0 aromatic heterocycles. The summed E-state index contributed by atoms with van der Waals surface area (Å²) in [6.07, 6.45) is 1.39. The number of carbonyl (C=O) groups excluding carboxylic acids is 1. The van der Waals surface area contributed by atoms with Crippen molar-refractivity contribution in [2.24, 2.45) is 5.92 Å². The molecule has 1 unspecified atom stereocenters. The molecule has 1 aromatic carbocycles. The first-order valence-electron chi connectivity index (χ1n) is 5.61. The topological polar surface area (TPSA) is 41.1 Å². The summed E-state index contributed by atoms with van der Waals surface area (Å²) in [6.45, 7) is 1.77. The third-order valence-corrected chi connectivity index (χ3v) is 2.84. The van der Waals surface area contributed by atoms with E-state index in [1.54, 1.807) is 0 Å². The van der Waals surface area contributed by atoms with Crippen LogP contribution in [0.1, 0.15) is 12.8 Å². The van der Waals surface area contributed by atoms with Crippen LogP contribution in [0.15, 0.2) is 18.2 Å². The summed E-state index contributed by atoms with van der Waals surface area (Å²) < 4.78 is 25.6. The number of nitrogens with one attached hydrogen (secondary N) is 2. The molecule has 0 spiro atoms. The first kappa shape index (κ1) is 14.9. The van der Waals surface area contributed by atoms with Gasteiger partial charge in [-0.05, 0) is 37.6 Å². The molecule has 1 aliphatic rings. The molecule has 1 saturated heterocycles. The van der Waals surface area contributed by atoms with Crippen LogP contribution in [-0.4, -0.2) is 19.0 Å². The maximum absolute atomic E-state index is 12.9. The summed E-state index contributed by atoms with van der Waals surface area (Å²) in [5.74, 6) is -1.70. The Kier molecular flexibility index (Phi) is 5.50. The monoisotopic (exact) mass is 276 g/mol. The van der Waals surface area contributed by atoms with Crippen molar-refractivity contribution in [2.75, 3.05) is 18.4 Å². The van der Waals surface area contributed by atoms with Gasteiger partial charge in [-0.2, -0.15) is 0 Å². The lowest BCUT2D eigenvalue weighted by molar-refractivity contribution is -0.116. The van der Waals surface area contributed by atoms with E-state index in [4.69, 9.17) is 0 Å². The lowest BCUT2D eigenvalue weighted by Crippen LogP contribution is -2.18. The van der Waals surface area contributed by atoms with E-state index < -0.39 is 11.6 Å². The van der Waals surface area contributed by atoms with Gasteiger partial charge >= 0.3 is 0 Å². The maximum Gasteiger partial charge on any atom is 0.224 e. The highest BCUT2D eigenvalue weighted by molar-refractivity contribution is 5.90. The van der Waals surface area contributed by atoms with Crippen LogP contribution < -0.4 is 10.6 Å². The van der Waals surface area contributed by atoms with Gasteiger partial charge in [0.2, 0.25) is 5.91 Å². The van der Waals surface area contributed by atoms with Crippen LogP contribution >= 0.6 is 12.4 Å². The lowest BCUT2D eigenvalue weighted by atomic mass is 10.0. The second-order valence-corrected chi connectivity index (χ2v) is 4.24. The lowest BCUT2D eigenvalue weighted by Gasteiger charge is -2.09. The molecule has 1 atom stereocenters. The molecule has 6 heteroatoms. The molecule has 1 amide bonds. The van der Waals surface area contributed by atoms with E-state index in [0.29, 0.717) is 18.0 Å². The second kappa shape index (κ2) is 6.66. The summed E-state index contributed by atoms with van der Waals surface area (Å²) in [4.78, 5) is 11.6. The van der Waals surface area contributed by atoms with Gasteiger partial charge in [-0.25, -0.2) is 8.78 Å². The summed E-state index contributed by atoms with van der Waals surface area (Å²) in [5, 5.41) is 5.73. The van der Waals surface area contributed by atoms with Crippen LogP contribution in [0.4, 0.5) is 14.5 Å². The molecule has 3 nitrogen and oxygen atoms in total. The number of amides is 1. The molecular weight excluding hydrogens is 262 g/mol. The van der Waals surface area contributed by atoms with Crippen LogP contribution in [0, 0.1) is 17.6 Å². The van der Waals surface area contributed by atoms with Crippen molar-refractivity contribution in [2.45, 2.75) is 12.8 Å². The predicted octanol–water partition coefficient (Wildman–Crippen LogP) is 2.32. The molecule has 2 N–H and O–H groups in total. The molecule has 0 saturated carbocycles. The number of halogens is 3. The van der Waals surface area contributed by atoms with Crippen molar-refractivity contribution < 1.29 is 13.6 Å². The van der Waals surface area contributed by atoms with Gasteiger partial charge in [0.15, 0.2) is 11.6 Å². The highest BCUT2D eigenvalue weighted by Gasteiger charge is 2.18. The molecule has 0 aliphatic carbocycles. The molecule has 0 bridgehead atoms.